The molecule has 0 aliphatic carbocycles. The van der Waals surface area contributed by atoms with E-state index in [1.807, 2.05) is 43.4 Å². The third-order valence-electron chi connectivity index (χ3n) is 2.97. The van der Waals surface area contributed by atoms with E-state index >= 15 is 0 Å². The molecule has 0 aliphatic rings. The zero-order valence-corrected chi connectivity index (χ0v) is 11.1. The second-order valence-electron chi connectivity index (χ2n) is 4.25. The number of ether oxygens (including phenoxy) is 1. The molecule has 0 fully saturated rings. The third kappa shape index (κ3) is 2.93. The van der Waals surface area contributed by atoms with Gasteiger partial charge in [0.25, 0.3) is 0 Å². The summed E-state index contributed by atoms with van der Waals surface area (Å²) in [6.07, 6.45) is 0. The molecular weight excluding hydrogens is 236 g/mol. The molecule has 0 heterocycles. The topological polar surface area (TPSA) is 45.0 Å². The SMILES string of the molecule is CNCc1cc(-c2cccc(C#N)c2)ccc1OC. The molecule has 96 valence electrons. The maximum Gasteiger partial charge on any atom is 0.123 e. The van der Waals surface area contributed by atoms with E-state index in [-0.39, 0.29) is 0 Å². The van der Waals surface area contributed by atoms with E-state index in [0.717, 1.165) is 29.0 Å². The van der Waals surface area contributed by atoms with Crippen LogP contribution in [0.4, 0.5) is 0 Å². The summed E-state index contributed by atoms with van der Waals surface area (Å²) in [5, 5.41) is 12.1. The van der Waals surface area contributed by atoms with Gasteiger partial charge in [0, 0.05) is 12.1 Å². The van der Waals surface area contributed by atoms with Crippen LogP contribution in [0.2, 0.25) is 0 Å². The minimum Gasteiger partial charge on any atom is -0.496 e. The van der Waals surface area contributed by atoms with Gasteiger partial charge in [0.2, 0.25) is 0 Å². The fraction of sp³-hybridized carbons (Fsp3) is 0.188. The predicted molar refractivity (Wildman–Crippen MR) is 75.9 cm³/mol. The number of rotatable bonds is 4. The molecule has 2 aromatic rings. The van der Waals surface area contributed by atoms with Crippen LogP contribution in [0.5, 0.6) is 5.75 Å². The zero-order chi connectivity index (χ0) is 13.7. The fourth-order valence-corrected chi connectivity index (χ4v) is 2.06. The van der Waals surface area contributed by atoms with Gasteiger partial charge in [0.05, 0.1) is 18.7 Å². The Labute approximate surface area is 113 Å². The summed E-state index contributed by atoms with van der Waals surface area (Å²) in [4.78, 5) is 0. The zero-order valence-electron chi connectivity index (χ0n) is 11.1. The molecule has 0 unspecified atom stereocenters. The summed E-state index contributed by atoms with van der Waals surface area (Å²) in [5.74, 6) is 0.870. The molecule has 0 aromatic heterocycles. The minimum atomic E-state index is 0.670. The number of hydrogen-bond donors (Lipinski definition) is 1. The Morgan fingerprint density at radius 1 is 1.16 bits per heavy atom. The van der Waals surface area contributed by atoms with Crippen molar-refractivity contribution < 1.29 is 4.74 Å². The second kappa shape index (κ2) is 6.03. The Bertz CT molecular complexity index is 614. The smallest absolute Gasteiger partial charge is 0.123 e. The third-order valence-corrected chi connectivity index (χ3v) is 2.97. The van der Waals surface area contributed by atoms with Gasteiger partial charge in [0.1, 0.15) is 5.75 Å². The van der Waals surface area contributed by atoms with E-state index < -0.39 is 0 Å². The monoisotopic (exact) mass is 252 g/mol. The van der Waals surface area contributed by atoms with Gasteiger partial charge in [-0.05, 0) is 42.4 Å². The van der Waals surface area contributed by atoms with Crippen molar-refractivity contribution in [3.05, 3.63) is 53.6 Å². The number of methoxy groups -OCH3 is 1. The lowest BCUT2D eigenvalue weighted by Gasteiger charge is -2.11. The summed E-state index contributed by atoms with van der Waals surface area (Å²) < 4.78 is 5.34. The van der Waals surface area contributed by atoms with Crippen LogP contribution in [0.1, 0.15) is 11.1 Å². The molecule has 0 spiro atoms. The molecular formula is C16H16N2O. The molecule has 2 rings (SSSR count). The molecule has 0 aliphatic heterocycles. The highest BCUT2D eigenvalue weighted by atomic mass is 16.5. The van der Waals surface area contributed by atoms with Crippen molar-refractivity contribution in [2.24, 2.45) is 0 Å². The van der Waals surface area contributed by atoms with Crippen LogP contribution in [0.25, 0.3) is 11.1 Å². The standard InChI is InChI=1S/C16H16N2O/c1-18-11-15-9-14(6-7-16(15)19-2)13-5-3-4-12(8-13)10-17/h3-9,18H,11H2,1-2H3. The van der Waals surface area contributed by atoms with Crippen LogP contribution >= 0.6 is 0 Å². The van der Waals surface area contributed by atoms with E-state index in [0.29, 0.717) is 5.56 Å². The first-order valence-corrected chi connectivity index (χ1v) is 6.10. The van der Waals surface area contributed by atoms with Crippen molar-refractivity contribution in [3.63, 3.8) is 0 Å². The van der Waals surface area contributed by atoms with Gasteiger partial charge in [0.15, 0.2) is 0 Å². The lowest BCUT2D eigenvalue weighted by molar-refractivity contribution is 0.408. The minimum absolute atomic E-state index is 0.670. The van der Waals surface area contributed by atoms with Crippen molar-refractivity contribution in [1.29, 1.82) is 5.26 Å². The van der Waals surface area contributed by atoms with Gasteiger partial charge in [-0.15, -0.1) is 0 Å². The Morgan fingerprint density at radius 2 is 1.95 bits per heavy atom. The normalized spacial score (nSPS) is 9.95. The highest BCUT2D eigenvalue weighted by Gasteiger charge is 2.05. The Balaban J connectivity index is 2.45. The Hall–Kier alpha value is -2.31. The van der Waals surface area contributed by atoms with E-state index in [2.05, 4.69) is 17.5 Å². The van der Waals surface area contributed by atoms with Crippen molar-refractivity contribution in [2.75, 3.05) is 14.2 Å². The molecule has 1 N–H and O–H groups in total. The van der Waals surface area contributed by atoms with E-state index in [1.165, 1.54) is 0 Å². The lowest BCUT2D eigenvalue weighted by Crippen LogP contribution is -2.06. The molecule has 0 amide bonds. The highest BCUT2D eigenvalue weighted by Crippen LogP contribution is 2.27. The molecule has 2 aromatic carbocycles. The maximum absolute atomic E-state index is 8.95. The first-order valence-electron chi connectivity index (χ1n) is 6.10. The molecule has 19 heavy (non-hydrogen) atoms. The molecule has 3 heteroatoms. The predicted octanol–water partition coefficient (Wildman–Crippen LogP) is 2.95. The Morgan fingerprint density at radius 3 is 2.63 bits per heavy atom. The summed E-state index contributed by atoms with van der Waals surface area (Å²) in [5.41, 5.74) is 3.90. The van der Waals surface area contributed by atoms with E-state index in [4.69, 9.17) is 10.00 Å². The number of nitrogens with zero attached hydrogens (tertiary/aromatic N) is 1. The number of nitriles is 1. The number of nitrogens with one attached hydrogen (secondary N) is 1. The largest absolute Gasteiger partial charge is 0.496 e. The number of hydrogen-bond acceptors (Lipinski definition) is 3. The van der Waals surface area contributed by atoms with Gasteiger partial charge >= 0.3 is 0 Å². The van der Waals surface area contributed by atoms with Crippen molar-refractivity contribution in [3.8, 4) is 22.9 Å². The van der Waals surface area contributed by atoms with Gasteiger partial charge in [-0.1, -0.05) is 18.2 Å². The molecule has 0 saturated carbocycles. The van der Waals surface area contributed by atoms with Gasteiger partial charge < -0.3 is 10.1 Å². The van der Waals surface area contributed by atoms with Crippen LogP contribution < -0.4 is 10.1 Å². The molecule has 0 radical (unpaired) electrons. The van der Waals surface area contributed by atoms with Gasteiger partial charge in [-0.2, -0.15) is 5.26 Å². The quantitative estimate of drug-likeness (QED) is 0.910. The first-order chi connectivity index (χ1) is 9.28. The average Bonchev–Trinajstić information content (AvgIpc) is 2.47. The van der Waals surface area contributed by atoms with E-state index in [9.17, 15) is 0 Å². The molecule has 0 bridgehead atoms. The molecule has 0 saturated heterocycles. The van der Waals surface area contributed by atoms with Gasteiger partial charge in [-0.3, -0.25) is 0 Å². The fourth-order valence-electron chi connectivity index (χ4n) is 2.06. The van der Waals surface area contributed by atoms with Crippen LogP contribution in [0.15, 0.2) is 42.5 Å². The summed E-state index contributed by atoms with van der Waals surface area (Å²) in [6, 6.07) is 15.8. The van der Waals surface area contributed by atoms with Crippen LogP contribution in [0.3, 0.4) is 0 Å². The summed E-state index contributed by atoms with van der Waals surface area (Å²) in [7, 11) is 3.58. The van der Waals surface area contributed by atoms with Crippen LogP contribution in [-0.2, 0) is 6.54 Å². The van der Waals surface area contributed by atoms with Crippen molar-refractivity contribution >= 4 is 0 Å². The average molecular weight is 252 g/mol. The van der Waals surface area contributed by atoms with Crippen LogP contribution in [-0.4, -0.2) is 14.2 Å². The first kappa shape index (κ1) is 13.1. The van der Waals surface area contributed by atoms with Crippen LogP contribution in [0, 0.1) is 11.3 Å². The maximum atomic E-state index is 8.95. The van der Waals surface area contributed by atoms with Gasteiger partial charge in [-0.25, -0.2) is 0 Å². The van der Waals surface area contributed by atoms with Crippen molar-refractivity contribution in [1.82, 2.24) is 5.32 Å². The summed E-state index contributed by atoms with van der Waals surface area (Å²) >= 11 is 0. The lowest BCUT2D eigenvalue weighted by atomic mass is 10.0. The highest BCUT2D eigenvalue weighted by molar-refractivity contribution is 5.67. The molecule has 0 atom stereocenters. The van der Waals surface area contributed by atoms with E-state index in [1.54, 1.807) is 7.11 Å². The molecule has 3 nitrogen and oxygen atoms in total. The summed E-state index contributed by atoms with van der Waals surface area (Å²) in [6.45, 7) is 0.745. The second-order valence-corrected chi connectivity index (χ2v) is 4.25. The van der Waals surface area contributed by atoms with Crippen molar-refractivity contribution in [2.45, 2.75) is 6.54 Å². The Kier molecular flexibility index (Phi) is 4.17. The number of benzene rings is 2.